The number of rotatable bonds is 2. The summed E-state index contributed by atoms with van der Waals surface area (Å²) in [5, 5.41) is 0. The molecule has 0 bridgehead atoms. The number of imidazole rings is 1. The van der Waals surface area contributed by atoms with Gasteiger partial charge in [-0.15, -0.1) is 0 Å². The van der Waals surface area contributed by atoms with E-state index in [0.717, 1.165) is 33.9 Å². The van der Waals surface area contributed by atoms with Gasteiger partial charge >= 0.3 is 0 Å². The second-order valence-electron chi connectivity index (χ2n) is 5.05. The normalized spacial score (nSPS) is 10.9. The molecule has 102 valence electrons. The number of fused-ring (bicyclic) bond motifs is 1. The van der Waals surface area contributed by atoms with Crippen molar-refractivity contribution in [3.8, 4) is 0 Å². The van der Waals surface area contributed by atoms with Crippen LogP contribution in [0, 0.1) is 6.92 Å². The molecule has 0 saturated heterocycles. The van der Waals surface area contributed by atoms with Gasteiger partial charge in [-0.3, -0.25) is 0 Å². The number of nitrogens with two attached hydrogens (primary N) is 1. The number of aromatic nitrogens is 2. The predicted octanol–water partition coefficient (Wildman–Crippen LogP) is 3.23. The van der Waals surface area contributed by atoms with E-state index in [2.05, 4.69) is 32.7 Å². The van der Waals surface area contributed by atoms with Crippen molar-refractivity contribution in [2.45, 2.75) is 6.92 Å². The van der Waals surface area contributed by atoms with Crippen LogP contribution in [-0.2, 0) is 7.05 Å². The lowest BCUT2D eigenvalue weighted by Gasteiger charge is -2.19. The third kappa shape index (κ3) is 1.99. The molecule has 3 rings (SSSR count). The fourth-order valence-corrected chi connectivity index (χ4v) is 2.40. The largest absolute Gasteiger partial charge is 0.399 e. The molecule has 2 aromatic carbocycles. The van der Waals surface area contributed by atoms with E-state index in [0.29, 0.717) is 0 Å². The zero-order valence-corrected chi connectivity index (χ0v) is 12.0. The summed E-state index contributed by atoms with van der Waals surface area (Å²) in [6.45, 7) is 2.02. The van der Waals surface area contributed by atoms with Gasteiger partial charge in [0, 0.05) is 31.2 Å². The average molecular weight is 266 g/mol. The molecule has 0 amide bonds. The Kier molecular flexibility index (Phi) is 2.86. The van der Waals surface area contributed by atoms with E-state index in [4.69, 9.17) is 5.73 Å². The first kappa shape index (κ1) is 12.5. The Hall–Kier alpha value is -2.49. The Morgan fingerprint density at radius 3 is 2.60 bits per heavy atom. The molecule has 3 aromatic rings. The van der Waals surface area contributed by atoms with Gasteiger partial charge in [-0.1, -0.05) is 6.07 Å². The van der Waals surface area contributed by atoms with Gasteiger partial charge in [0.05, 0.1) is 11.0 Å². The molecule has 20 heavy (non-hydrogen) atoms. The molecule has 0 unspecified atom stereocenters. The van der Waals surface area contributed by atoms with Crippen molar-refractivity contribution in [2.24, 2.45) is 7.05 Å². The Balaban J connectivity index is 2.05. The summed E-state index contributed by atoms with van der Waals surface area (Å²) < 4.78 is 2.10. The lowest BCUT2D eigenvalue weighted by Crippen LogP contribution is -2.09. The minimum Gasteiger partial charge on any atom is -0.399 e. The number of nitrogens with zero attached hydrogens (tertiary/aromatic N) is 3. The van der Waals surface area contributed by atoms with Crippen molar-refractivity contribution in [3.05, 3.63) is 48.3 Å². The van der Waals surface area contributed by atoms with E-state index in [9.17, 15) is 0 Å². The highest BCUT2D eigenvalue weighted by Crippen LogP contribution is 2.28. The van der Waals surface area contributed by atoms with E-state index in [-0.39, 0.29) is 0 Å². The van der Waals surface area contributed by atoms with Gasteiger partial charge in [0.2, 0.25) is 0 Å². The molecule has 2 N–H and O–H groups in total. The Morgan fingerprint density at radius 2 is 1.85 bits per heavy atom. The fraction of sp³-hybridized carbons (Fsp3) is 0.188. The van der Waals surface area contributed by atoms with Crippen LogP contribution in [0.3, 0.4) is 0 Å². The summed E-state index contributed by atoms with van der Waals surface area (Å²) in [7, 11) is 4.07. The fourth-order valence-electron chi connectivity index (χ4n) is 2.40. The van der Waals surface area contributed by atoms with Crippen molar-refractivity contribution in [3.63, 3.8) is 0 Å². The molecule has 0 aliphatic heterocycles. The second-order valence-corrected chi connectivity index (χ2v) is 5.05. The van der Waals surface area contributed by atoms with Crippen LogP contribution >= 0.6 is 0 Å². The zero-order chi connectivity index (χ0) is 14.3. The SMILES string of the molecule is Cc1nc2cc(N(C)c3cccc(N)c3)ccc2n1C. The Morgan fingerprint density at radius 1 is 1.10 bits per heavy atom. The molecule has 1 aromatic heterocycles. The van der Waals surface area contributed by atoms with Crippen LogP contribution in [0.25, 0.3) is 11.0 Å². The molecule has 4 nitrogen and oxygen atoms in total. The molecule has 0 radical (unpaired) electrons. The van der Waals surface area contributed by atoms with Gasteiger partial charge in [-0.25, -0.2) is 4.98 Å². The monoisotopic (exact) mass is 266 g/mol. The van der Waals surface area contributed by atoms with Crippen molar-refractivity contribution in [1.29, 1.82) is 0 Å². The second kappa shape index (κ2) is 4.56. The molecule has 0 spiro atoms. The summed E-state index contributed by atoms with van der Waals surface area (Å²) >= 11 is 0. The third-order valence-corrected chi connectivity index (χ3v) is 3.73. The first-order chi connectivity index (χ1) is 9.56. The summed E-state index contributed by atoms with van der Waals surface area (Å²) in [5.41, 5.74) is 10.9. The van der Waals surface area contributed by atoms with Crippen LogP contribution in [0.15, 0.2) is 42.5 Å². The average Bonchev–Trinajstić information content (AvgIpc) is 2.73. The lowest BCUT2D eigenvalue weighted by molar-refractivity contribution is 0.886. The summed E-state index contributed by atoms with van der Waals surface area (Å²) in [6, 6.07) is 14.2. The number of hydrogen-bond acceptors (Lipinski definition) is 3. The highest BCUT2D eigenvalue weighted by molar-refractivity contribution is 5.82. The van der Waals surface area contributed by atoms with Crippen molar-refractivity contribution in [2.75, 3.05) is 17.7 Å². The maximum absolute atomic E-state index is 5.85. The number of hydrogen-bond donors (Lipinski definition) is 1. The minimum atomic E-state index is 0.768. The lowest BCUT2D eigenvalue weighted by atomic mass is 10.2. The van der Waals surface area contributed by atoms with E-state index in [1.54, 1.807) is 0 Å². The quantitative estimate of drug-likeness (QED) is 0.724. The van der Waals surface area contributed by atoms with Crippen LogP contribution in [0.2, 0.25) is 0 Å². The van der Waals surface area contributed by atoms with Crippen molar-refractivity contribution >= 4 is 28.1 Å². The molecule has 0 aliphatic rings. The van der Waals surface area contributed by atoms with Crippen LogP contribution in [-0.4, -0.2) is 16.6 Å². The van der Waals surface area contributed by atoms with Gasteiger partial charge < -0.3 is 15.2 Å². The molecule has 4 heteroatoms. The summed E-state index contributed by atoms with van der Waals surface area (Å²) in [4.78, 5) is 6.69. The Labute approximate surface area is 118 Å². The molecule has 0 aliphatic carbocycles. The van der Waals surface area contributed by atoms with Crippen LogP contribution in [0.4, 0.5) is 17.1 Å². The maximum Gasteiger partial charge on any atom is 0.106 e. The molecule has 0 atom stereocenters. The molecule has 0 fully saturated rings. The van der Waals surface area contributed by atoms with E-state index in [1.165, 1.54) is 0 Å². The topological polar surface area (TPSA) is 47.1 Å². The molecule has 1 heterocycles. The van der Waals surface area contributed by atoms with Crippen LogP contribution < -0.4 is 10.6 Å². The predicted molar refractivity (Wildman–Crippen MR) is 84.4 cm³/mol. The first-order valence-corrected chi connectivity index (χ1v) is 6.58. The Bertz CT molecular complexity index is 773. The van der Waals surface area contributed by atoms with Gasteiger partial charge in [0.1, 0.15) is 5.82 Å². The third-order valence-electron chi connectivity index (χ3n) is 3.73. The van der Waals surface area contributed by atoms with Gasteiger partial charge in [-0.2, -0.15) is 0 Å². The van der Waals surface area contributed by atoms with Crippen LogP contribution in [0.5, 0.6) is 0 Å². The first-order valence-electron chi connectivity index (χ1n) is 6.58. The molecular weight excluding hydrogens is 248 g/mol. The number of nitrogen functional groups attached to an aromatic ring is 1. The van der Waals surface area contributed by atoms with E-state index < -0.39 is 0 Å². The number of anilines is 3. The van der Waals surface area contributed by atoms with Gasteiger partial charge in [-0.05, 0) is 43.3 Å². The minimum absolute atomic E-state index is 0.768. The standard InChI is InChI=1S/C16H18N4/c1-11-18-15-10-14(7-8-16(15)19(11)2)20(3)13-6-4-5-12(17)9-13/h4-10H,17H2,1-3H3. The number of benzene rings is 2. The van der Waals surface area contributed by atoms with Crippen LogP contribution in [0.1, 0.15) is 5.82 Å². The van der Waals surface area contributed by atoms with Gasteiger partial charge in [0.15, 0.2) is 0 Å². The highest BCUT2D eigenvalue weighted by Gasteiger charge is 2.08. The maximum atomic E-state index is 5.85. The smallest absolute Gasteiger partial charge is 0.106 e. The highest BCUT2D eigenvalue weighted by atomic mass is 15.1. The summed E-state index contributed by atoms with van der Waals surface area (Å²) in [5.74, 6) is 1.02. The van der Waals surface area contributed by atoms with E-state index >= 15 is 0 Å². The van der Waals surface area contributed by atoms with Crippen molar-refractivity contribution < 1.29 is 0 Å². The molecule has 0 saturated carbocycles. The summed E-state index contributed by atoms with van der Waals surface area (Å²) in [6.07, 6.45) is 0. The molecular formula is C16H18N4. The van der Waals surface area contributed by atoms with Crippen molar-refractivity contribution in [1.82, 2.24) is 9.55 Å². The zero-order valence-electron chi connectivity index (χ0n) is 12.0. The van der Waals surface area contributed by atoms with E-state index in [1.807, 2.05) is 45.3 Å². The number of aryl methyl sites for hydroxylation is 2. The van der Waals surface area contributed by atoms with Gasteiger partial charge in [0.25, 0.3) is 0 Å².